The highest BCUT2D eigenvalue weighted by Crippen LogP contribution is 2.05. The number of carboxylic acids is 2. The molecule has 0 saturated carbocycles. The van der Waals surface area contributed by atoms with E-state index in [1.54, 1.807) is 0 Å². The SMILES string of the molecule is C[N+](C)(C)C.O=C([O-])c1ccccc1C(=O)[O-].[H+]. The number of benzene rings is 1. The van der Waals surface area contributed by atoms with Crippen LogP contribution in [0.2, 0.25) is 0 Å². The third kappa shape index (κ3) is 7.08. The molecule has 5 heteroatoms. The maximum atomic E-state index is 10.3. The zero-order chi connectivity index (χ0) is 13.6. The summed E-state index contributed by atoms with van der Waals surface area (Å²) in [6.45, 7) is 0. The van der Waals surface area contributed by atoms with Gasteiger partial charge in [0.15, 0.2) is 0 Å². The molecule has 0 fully saturated rings. The van der Waals surface area contributed by atoms with Gasteiger partial charge in [-0.15, -0.1) is 0 Å². The summed E-state index contributed by atoms with van der Waals surface area (Å²) in [7, 11) is 8.50. The Morgan fingerprint density at radius 1 is 0.941 bits per heavy atom. The van der Waals surface area contributed by atoms with Crippen LogP contribution >= 0.6 is 0 Å². The van der Waals surface area contributed by atoms with Gasteiger partial charge >= 0.3 is 1.43 Å². The standard InChI is InChI=1S/C8H6O4.C4H12N/c9-7(10)5-3-1-2-4-6(5)8(11)12;1-5(2,3)4/h1-4H,(H,9,10)(H,11,12);1-4H3/q;+1/p-1. The number of rotatable bonds is 2. The van der Waals surface area contributed by atoms with Gasteiger partial charge < -0.3 is 24.3 Å². The number of aromatic carboxylic acids is 2. The third-order valence-corrected chi connectivity index (χ3v) is 1.37. The van der Waals surface area contributed by atoms with E-state index in [9.17, 15) is 19.8 Å². The van der Waals surface area contributed by atoms with Gasteiger partial charge in [0.05, 0.1) is 40.1 Å². The van der Waals surface area contributed by atoms with Gasteiger partial charge in [-0.25, -0.2) is 0 Å². The molecule has 0 atom stereocenters. The number of hydrogen-bond donors (Lipinski definition) is 0. The molecule has 0 N–H and O–H groups in total. The third-order valence-electron chi connectivity index (χ3n) is 1.37. The van der Waals surface area contributed by atoms with Gasteiger partial charge in [0, 0.05) is 11.1 Å². The number of hydrogen-bond acceptors (Lipinski definition) is 4. The minimum atomic E-state index is -1.52. The molecule has 94 valence electrons. The van der Waals surface area contributed by atoms with Crippen molar-refractivity contribution in [3.05, 3.63) is 35.4 Å². The van der Waals surface area contributed by atoms with Crippen LogP contribution in [0.15, 0.2) is 24.3 Å². The summed E-state index contributed by atoms with van der Waals surface area (Å²) in [4.78, 5) is 20.6. The van der Waals surface area contributed by atoms with Crippen molar-refractivity contribution in [2.24, 2.45) is 0 Å². The Bertz CT molecular complexity index is 374. The molecule has 0 aliphatic carbocycles. The second-order valence-electron chi connectivity index (χ2n) is 4.80. The average Bonchev–Trinajstić information content (AvgIpc) is 2.15. The van der Waals surface area contributed by atoms with Gasteiger partial charge in [0.25, 0.3) is 0 Å². The zero-order valence-electron chi connectivity index (χ0n) is 11.4. The van der Waals surface area contributed by atoms with E-state index in [-0.39, 0.29) is 12.6 Å². The lowest BCUT2D eigenvalue weighted by Gasteiger charge is -2.14. The molecule has 0 aromatic heterocycles. The summed E-state index contributed by atoms with van der Waals surface area (Å²) in [6.07, 6.45) is 0. The van der Waals surface area contributed by atoms with Crippen LogP contribution in [-0.2, 0) is 0 Å². The Morgan fingerprint density at radius 3 is 1.35 bits per heavy atom. The molecule has 1 rings (SSSR count). The number of carbonyl (C=O) groups excluding carboxylic acids is 2. The smallest absolute Gasteiger partial charge is 0.545 e. The van der Waals surface area contributed by atoms with Crippen LogP contribution in [0.25, 0.3) is 0 Å². The van der Waals surface area contributed by atoms with Crippen molar-refractivity contribution >= 4 is 11.9 Å². The summed E-state index contributed by atoms with van der Waals surface area (Å²) in [5, 5.41) is 20.6. The monoisotopic (exact) mass is 239 g/mol. The van der Waals surface area contributed by atoms with Crippen molar-refractivity contribution < 1.29 is 25.7 Å². The van der Waals surface area contributed by atoms with Gasteiger partial charge in [-0.1, -0.05) is 24.3 Å². The molecule has 1 aromatic carbocycles. The largest absolute Gasteiger partial charge is 1.00 e. The molecule has 0 spiro atoms. The molecular weight excluding hydrogens is 222 g/mol. The summed E-state index contributed by atoms with van der Waals surface area (Å²) >= 11 is 0. The average molecular weight is 239 g/mol. The Balaban J connectivity index is 0. The summed E-state index contributed by atoms with van der Waals surface area (Å²) in [6, 6.07) is 5.14. The van der Waals surface area contributed by atoms with Crippen LogP contribution in [0, 0.1) is 0 Å². The van der Waals surface area contributed by atoms with Crippen LogP contribution < -0.4 is 10.2 Å². The van der Waals surface area contributed by atoms with Crippen LogP contribution in [0.1, 0.15) is 22.1 Å². The second kappa shape index (κ2) is 6.00. The first-order valence-electron chi connectivity index (χ1n) is 4.93. The first kappa shape index (κ1) is 15.1. The summed E-state index contributed by atoms with van der Waals surface area (Å²) < 4.78 is 1.00. The van der Waals surface area contributed by atoms with Crippen molar-refractivity contribution in [2.75, 3.05) is 28.2 Å². The van der Waals surface area contributed by atoms with Crippen LogP contribution in [0.4, 0.5) is 0 Å². The second-order valence-corrected chi connectivity index (χ2v) is 4.80. The molecular formula is C12H17NO4. The van der Waals surface area contributed by atoms with E-state index >= 15 is 0 Å². The summed E-state index contributed by atoms with van der Waals surface area (Å²) in [5.74, 6) is -3.04. The molecule has 0 bridgehead atoms. The van der Waals surface area contributed by atoms with Gasteiger partial charge in [-0.2, -0.15) is 0 Å². The Morgan fingerprint density at radius 2 is 1.18 bits per heavy atom. The zero-order valence-corrected chi connectivity index (χ0v) is 10.4. The number of carboxylic acid groups (broad SMARTS) is 2. The van der Waals surface area contributed by atoms with E-state index < -0.39 is 11.9 Å². The van der Waals surface area contributed by atoms with Crippen molar-refractivity contribution in [1.29, 1.82) is 0 Å². The lowest BCUT2D eigenvalue weighted by Crippen LogP contribution is -2.29. The normalized spacial score (nSPS) is 10.1. The van der Waals surface area contributed by atoms with E-state index in [0.29, 0.717) is 0 Å². The van der Waals surface area contributed by atoms with E-state index in [1.165, 1.54) is 12.1 Å². The van der Waals surface area contributed by atoms with Crippen molar-refractivity contribution in [3.63, 3.8) is 0 Å². The topological polar surface area (TPSA) is 80.3 Å². The predicted molar refractivity (Wildman–Crippen MR) is 60.2 cm³/mol. The number of carbonyl (C=O) groups is 2. The van der Waals surface area contributed by atoms with E-state index in [0.717, 1.165) is 16.6 Å². The molecule has 0 radical (unpaired) electrons. The summed E-state index contributed by atoms with van der Waals surface area (Å²) in [5.41, 5.74) is -0.727. The first-order valence-corrected chi connectivity index (χ1v) is 4.93. The highest BCUT2D eigenvalue weighted by atomic mass is 16.4. The van der Waals surface area contributed by atoms with Gasteiger partial charge in [-0.05, 0) is 0 Å². The minimum absolute atomic E-state index is 0. The Labute approximate surface area is 102 Å². The van der Waals surface area contributed by atoms with Crippen molar-refractivity contribution in [3.8, 4) is 0 Å². The molecule has 0 unspecified atom stereocenters. The maximum Gasteiger partial charge on any atom is 1.00 e. The van der Waals surface area contributed by atoms with Crippen LogP contribution in [0.3, 0.4) is 0 Å². The fourth-order valence-electron chi connectivity index (χ4n) is 0.839. The van der Waals surface area contributed by atoms with Gasteiger partial charge in [-0.3, -0.25) is 0 Å². The minimum Gasteiger partial charge on any atom is -0.545 e. The van der Waals surface area contributed by atoms with Crippen LogP contribution in [0.5, 0.6) is 0 Å². The quantitative estimate of drug-likeness (QED) is 0.610. The van der Waals surface area contributed by atoms with E-state index in [2.05, 4.69) is 28.2 Å². The molecule has 0 amide bonds. The number of nitrogens with zero attached hydrogens (tertiary/aromatic N) is 1. The van der Waals surface area contributed by atoms with E-state index in [4.69, 9.17) is 0 Å². The fraction of sp³-hybridized carbons (Fsp3) is 0.333. The molecule has 0 heterocycles. The highest BCUT2D eigenvalue weighted by Gasteiger charge is 2.01. The Hall–Kier alpha value is -1.88. The van der Waals surface area contributed by atoms with Gasteiger partial charge in [0.2, 0.25) is 0 Å². The highest BCUT2D eigenvalue weighted by molar-refractivity contribution is 5.99. The number of quaternary nitrogens is 1. The molecule has 5 nitrogen and oxygen atoms in total. The van der Waals surface area contributed by atoms with Gasteiger partial charge in [0.1, 0.15) is 0 Å². The molecule has 1 aromatic rings. The predicted octanol–water partition coefficient (Wildman–Crippen LogP) is -1.15. The molecule has 17 heavy (non-hydrogen) atoms. The molecule has 0 saturated heterocycles. The maximum absolute atomic E-state index is 10.3. The molecule has 0 aliphatic rings. The molecule has 0 aliphatic heterocycles. The Kier molecular flexibility index (Phi) is 5.34. The fourth-order valence-corrected chi connectivity index (χ4v) is 0.839. The lowest BCUT2D eigenvalue weighted by atomic mass is 10.1. The lowest BCUT2D eigenvalue weighted by molar-refractivity contribution is -0.849. The first-order chi connectivity index (χ1) is 7.63. The van der Waals surface area contributed by atoms with Crippen LogP contribution in [-0.4, -0.2) is 44.6 Å². The van der Waals surface area contributed by atoms with Crippen molar-refractivity contribution in [2.45, 2.75) is 0 Å². The van der Waals surface area contributed by atoms with Crippen molar-refractivity contribution in [1.82, 2.24) is 0 Å². The van der Waals surface area contributed by atoms with E-state index in [1.807, 2.05) is 0 Å².